The van der Waals surface area contributed by atoms with Gasteiger partial charge in [-0.2, -0.15) is 22.3 Å². The summed E-state index contributed by atoms with van der Waals surface area (Å²) in [4.78, 5) is 2.09. The number of hydrogen-bond acceptors (Lipinski definition) is 4. The first-order valence-corrected chi connectivity index (χ1v) is 9.38. The van der Waals surface area contributed by atoms with E-state index >= 15 is 0 Å². The molecule has 2 aliphatic heterocycles. The smallest absolute Gasteiger partial charge is 0.282 e. The van der Waals surface area contributed by atoms with Crippen molar-refractivity contribution in [2.45, 2.75) is 45.1 Å². The third-order valence-electron chi connectivity index (χ3n) is 4.47. The van der Waals surface area contributed by atoms with Crippen LogP contribution in [0.25, 0.3) is 0 Å². The summed E-state index contributed by atoms with van der Waals surface area (Å²) in [5, 5.41) is 9.11. The highest BCUT2D eigenvalue weighted by Gasteiger charge is 2.33. The molecule has 0 spiro atoms. The van der Waals surface area contributed by atoms with Crippen LogP contribution < -0.4 is 0 Å². The summed E-state index contributed by atoms with van der Waals surface area (Å²) in [6.45, 7) is 5.59. The minimum absolute atomic E-state index is 0.0898. The Labute approximate surface area is 128 Å². The monoisotopic (exact) mass is 314 g/mol. The van der Waals surface area contributed by atoms with E-state index in [-0.39, 0.29) is 6.04 Å². The lowest BCUT2D eigenvalue weighted by Gasteiger charge is -2.37. The van der Waals surface area contributed by atoms with E-state index in [2.05, 4.69) is 11.0 Å². The molecule has 2 heterocycles. The van der Waals surface area contributed by atoms with Gasteiger partial charge in [0.1, 0.15) is 0 Å². The molecular weight excluding hydrogens is 288 g/mol. The van der Waals surface area contributed by atoms with Gasteiger partial charge in [-0.1, -0.05) is 19.8 Å². The highest BCUT2D eigenvalue weighted by Crippen LogP contribution is 2.18. The van der Waals surface area contributed by atoms with Gasteiger partial charge in [-0.05, 0) is 19.3 Å². The van der Waals surface area contributed by atoms with E-state index in [1.54, 1.807) is 8.61 Å². The second-order valence-corrected chi connectivity index (χ2v) is 7.74. The van der Waals surface area contributed by atoms with Gasteiger partial charge in [0, 0.05) is 39.3 Å². The highest BCUT2D eigenvalue weighted by molar-refractivity contribution is 7.86. The molecule has 0 N–H and O–H groups in total. The van der Waals surface area contributed by atoms with Gasteiger partial charge in [-0.15, -0.1) is 0 Å². The van der Waals surface area contributed by atoms with Crippen LogP contribution in [0.3, 0.4) is 0 Å². The largest absolute Gasteiger partial charge is 0.285 e. The SMILES string of the molecule is CCC(C#N)N1CCN(S(=O)(=O)N2CCCCCC2)CC1. The van der Waals surface area contributed by atoms with Crippen LogP contribution in [0, 0.1) is 11.3 Å². The third-order valence-corrected chi connectivity index (χ3v) is 6.50. The molecule has 2 rings (SSSR count). The second-order valence-electron chi connectivity index (χ2n) is 5.81. The summed E-state index contributed by atoms with van der Waals surface area (Å²) in [5.41, 5.74) is 0. The molecule has 2 saturated heterocycles. The van der Waals surface area contributed by atoms with E-state index in [1.165, 1.54) is 0 Å². The molecule has 2 aliphatic rings. The molecule has 2 fully saturated rings. The normalized spacial score (nSPS) is 25.1. The maximum atomic E-state index is 12.7. The van der Waals surface area contributed by atoms with Gasteiger partial charge in [0.25, 0.3) is 10.2 Å². The van der Waals surface area contributed by atoms with Crippen LogP contribution >= 0.6 is 0 Å². The molecule has 6 nitrogen and oxygen atoms in total. The van der Waals surface area contributed by atoms with E-state index in [4.69, 9.17) is 5.26 Å². The quantitative estimate of drug-likeness (QED) is 0.777. The van der Waals surface area contributed by atoms with Crippen molar-refractivity contribution >= 4 is 10.2 Å². The average Bonchev–Trinajstić information content (AvgIpc) is 2.79. The fourth-order valence-electron chi connectivity index (χ4n) is 3.11. The van der Waals surface area contributed by atoms with Gasteiger partial charge >= 0.3 is 0 Å². The lowest BCUT2D eigenvalue weighted by molar-refractivity contribution is 0.154. The van der Waals surface area contributed by atoms with E-state index in [1.807, 2.05) is 6.92 Å². The van der Waals surface area contributed by atoms with Gasteiger partial charge in [-0.25, -0.2) is 0 Å². The molecule has 0 aromatic rings. The van der Waals surface area contributed by atoms with Crippen molar-refractivity contribution in [2.24, 2.45) is 0 Å². The van der Waals surface area contributed by atoms with Gasteiger partial charge in [0.05, 0.1) is 12.1 Å². The molecule has 0 aliphatic carbocycles. The zero-order valence-electron chi connectivity index (χ0n) is 12.9. The van der Waals surface area contributed by atoms with Gasteiger partial charge in [0.2, 0.25) is 0 Å². The van der Waals surface area contributed by atoms with E-state index in [9.17, 15) is 8.42 Å². The van der Waals surface area contributed by atoms with Gasteiger partial charge in [-0.3, -0.25) is 4.90 Å². The molecule has 0 radical (unpaired) electrons. The molecule has 1 unspecified atom stereocenters. The molecule has 0 aromatic carbocycles. The van der Waals surface area contributed by atoms with Crippen molar-refractivity contribution in [1.82, 2.24) is 13.5 Å². The zero-order chi connectivity index (χ0) is 15.3. The molecular formula is C14H26N4O2S. The minimum Gasteiger partial charge on any atom is -0.285 e. The van der Waals surface area contributed by atoms with Crippen LogP contribution in [0.2, 0.25) is 0 Å². The fourth-order valence-corrected chi connectivity index (χ4v) is 4.78. The number of rotatable bonds is 4. The summed E-state index contributed by atoms with van der Waals surface area (Å²) in [7, 11) is -3.31. The Morgan fingerprint density at radius 3 is 1.95 bits per heavy atom. The number of nitriles is 1. The summed E-state index contributed by atoms with van der Waals surface area (Å²) in [6.07, 6.45) is 4.97. The lowest BCUT2D eigenvalue weighted by Crippen LogP contribution is -2.54. The first-order valence-electron chi connectivity index (χ1n) is 7.98. The van der Waals surface area contributed by atoms with Crippen molar-refractivity contribution in [3.63, 3.8) is 0 Å². The molecule has 21 heavy (non-hydrogen) atoms. The number of nitrogens with zero attached hydrogens (tertiary/aromatic N) is 4. The van der Waals surface area contributed by atoms with E-state index in [0.717, 1.165) is 32.1 Å². The maximum absolute atomic E-state index is 12.7. The van der Waals surface area contributed by atoms with Crippen LogP contribution in [0.15, 0.2) is 0 Å². The molecule has 0 saturated carbocycles. The number of hydrogen-bond donors (Lipinski definition) is 0. The predicted octanol–water partition coefficient (Wildman–Crippen LogP) is 1.03. The molecule has 7 heteroatoms. The number of piperazine rings is 1. The van der Waals surface area contributed by atoms with Crippen molar-refractivity contribution < 1.29 is 8.42 Å². The Bertz CT molecular complexity index is 458. The minimum atomic E-state index is -3.31. The molecule has 0 amide bonds. The van der Waals surface area contributed by atoms with Crippen molar-refractivity contribution in [3.8, 4) is 6.07 Å². The van der Waals surface area contributed by atoms with Crippen LogP contribution in [-0.4, -0.2) is 67.2 Å². The third kappa shape index (κ3) is 3.95. The Morgan fingerprint density at radius 2 is 1.48 bits per heavy atom. The Kier molecular flexibility index (Phi) is 5.99. The fraction of sp³-hybridized carbons (Fsp3) is 0.929. The predicted molar refractivity (Wildman–Crippen MR) is 81.8 cm³/mol. The second kappa shape index (κ2) is 7.54. The zero-order valence-corrected chi connectivity index (χ0v) is 13.7. The summed E-state index contributed by atoms with van der Waals surface area (Å²) in [5.74, 6) is 0. The Morgan fingerprint density at radius 1 is 0.952 bits per heavy atom. The molecule has 120 valence electrons. The molecule has 1 atom stereocenters. The van der Waals surface area contributed by atoms with Crippen LogP contribution in [0.4, 0.5) is 0 Å². The maximum Gasteiger partial charge on any atom is 0.282 e. The van der Waals surface area contributed by atoms with Crippen molar-refractivity contribution in [1.29, 1.82) is 5.26 Å². The first kappa shape index (κ1) is 16.7. The van der Waals surface area contributed by atoms with Crippen LogP contribution in [0.5, 0.6) is 0 Å². The summed E-state index contributed by atoms with van der Waals surface area (Å²) in [6, 6.07) is 2.20. The first-order chi connectivity index (χ1) is 10.1. The van der Waals surface area contributed by atoms with Gasteiger partial charge < -0.3 is 0 Å². The van der Waals surface area contributed by atoms with E-state index < -0.39 is 10.2 Å². The average molecular weight is 314 g/mol. The van der Waals surface area contributed by atoms with E-state index in [0.29, 0.717) is 39.3 Å². The standard InChI is InChI=1S/C14H26N4O2S/c1-2-14(13-15)16-9-11-18(12-10-16)21(19,20)17-7-5-3-4-6-8-17/h14H,2-12H2,1H3. The highest BCUT2D eigenvalue weighted by atomic mass is 32.2. The Hall–Kier alpha value is -0.680. The molecule has 0 bridgehead atoms. The molecule has 0 aromatic heterocycles. The topological polar surface area (TPSA) is 67.6 Å². The van der Waals surface area contributed by atoms with Gasteiger partial charge in [0.15, 0.2) is 0 Å². The summed E-state index contributed by atoms with van der Waals surface area (Å²) >= 11 is 0. The van der Waals surface area contributed by atoms with Crippen molar-refractivity contribution in [3.05, 3.63) is 0 Å². The van der Waals surface area contributed by atoms with Crippen molar-refractivity contribution in [2.75, 3.05) is 39.3 Å². The Balaban J connectivity index is 1.95. The van der Waals surface area contributed by atoms with Crippen LogP contribution in [0.1, 0.15) is 39.0 Å². The van der Waals surface area contributed by atoms with Crippen LogP contribution in [-0.2, 0) is 10.2 Å². The summed E-state index contributed by atoms with van der Waals surface area (Å²) < 4.78 is 28.6. The lowest BCUT2D eigenvalue weighted by atomic mass is 10.2.